The molecule has 0 saturated heterocycles. The number of hydrogen-bond donors (Lipinski definition) is 4. The second kappa shape index (κ2) is 8.23. The number of hydrogen-bond acceptors (Lipinski definition) is 4. The summed E-state index contributed by atoms with van der Waals surface area (Å²) in [6, 6.07) is 2.80. The zero-order chi connectivity index (χ0) is 17.6. The van der Waals surface area contributed by atoms with Gasteiger partial charge in [-0.2, -0.15) is 0 Å². The molecule has 23 heavy (non-hydrogen) atoms. The normalized spacial score (nSPS) is 11.5. The summed E-state index contributed by atoms with van der Waals surface area (Å²) in [7, 11) is 1.41. The van der Waals surface area contributed by atoms with E-state index in [9.17, 15) is 14.4 Å². The van der Waals surface area contributed by atoms with Gasteiger partial charge in [-0.25, -0.2) is 4.79 Å². The highest BCUT2D eigenvalue weighted by Gasteiger charge is 2.24. The number of urea groups is 1. The molecule has 1 aromatic rings. The van der Waals surface area contributed by atoms with Gasteiger partial charge in [0.25, 0.3) is 11.8 Å². The van der Waals surface area contributed by atoms with E-state index in [2.05, 4.69) is 16.2 Å². The van der Waals surface area contributed by atoms with Gasteiger partial charge in [-0.1, -0.05) is 25.4 Å². The number of amides is 4. The summed E-state index contributed by atoms with van der Waals surface area (Å²) in [6.45, 7) is 3.45. The Balaban J connectivity index is 2.77. The molecule has 1 atom stereocenters. The summed E-state index contributed by atoms with van der Waals surface area (Å²) in [5.74, 6) is -1.13. The number of primary amides is 1. The molecule has 0 fully saturated rings. The van der Waals surface area contributed by atoms with Gasteiger partial charge in [0.05, 0.1) is 12.7 Å². The Kier molecular flexibility index (Phi) is 6.65. The number of benzene rings is 1. The van der Waals surface area contributed by atoms with Crippen LogP contribution in [-0.4, -0.2) is 31.0 Å². The summed E-state index contributed by atoms with van der Waals surface area (Å²) < 4.78 is 5.06. The topological polar surface area (TPSA) is 123 Å². The van der Waals surface area contributed by atoms with Crippen molar-refractivity contribution in [1.29, 1.82) is 0 Å². The Morgan fingerprint density at radius 1 is 1.22 bits per heavy atom. The second-order valence-electron chi connectivity index (χ2n) is 5.02. The highest BCUT2D eigenvalue weighted by Crippen LogP contribution is 2.22. The third kappa shape index (κ3) is 5.33. The van der Waals surface area contributed by atoms with Crippen LogP contribution < -0.4 is 26.6 Å². The standard InChI is InChI=1S/C14H19ClN4O4/c1-7(2)11(17-14(16)22)13(21)19-18-12(20)9-6-8(15)4-5-10(9)23-3/h4-7,11H,1-3H3,(H,18,20)(H,19,21)(H3,16,17,22)/t11-/m1/s1. The maximum atomic E-state index is 12.1. The van der Waals surface area contributed by atoms with E-state index >= 15 is 0 Å². The molecule has 0 aliphatic carbocycles. The first-order valence-corrected chi connectivity index (χ1v) is 7.13. The minimum Gasteiger partial charge on any atom is -0.496 e. The average molecular weight is 343 g/mol. The maximum Gasteiger partial charge on any atom is 0.312 e. The van der Waals surface area contributed by atoms with E-state index in [1.165, 1.54) is 19.2 Å². The molecular formula is C14H19ClN4O4. The van der Waals surface area contributed by atoms with Gasteiger partial charge in [-0.05, 0) is 24.1 Å². The first-order chi connectivity index (χ1) is 10.8. The van der Waals surface area contributed by atoms with Crippen molar-refractivity contribution in [2.75, 3.05) is 7.11 Å². The number of nitrogens with one attached hydrogen (secondary N) is 3. The Hall–Kier alpha value is -2.48. The number of hydrazine groups is 1. The number of halogens is 1. The molecule has 0 heterocycles. The minimum atomic E-state index is -0.881. The molecule has 1 rings (SSSR count). The number of nitrogens with two attached hydrogens (primary N) is 1. The second-order valence-corrected chi connectivity index (χ2v) is 5.45. The fourth-order valence-corrected chi connectivity index (χ4v) is 1.98. The van der Waals surface area contributed by atoms with Gasteiger partial charge in [0.1, 0.15) is 11.8 Å². The zero-order valence-electron chi connectivity index (χ0n) is 13.0. The van der Waals surface area contributed by atoms with Gasteiger partial charge in [0, 0.05) is 5.02 Å². The van der Waals surface area contributed by atoms with Crippen molar-refractivity contribution in [2.45, 2.75) is 19.9 Å². The van der Waals surface area contributed by atoms with Crippen LogP contribution in [-0.2, 0) is 4.79 Å². The first-order valence-electron chi connectivity index (χ1n) is 6.76. The largest absolute Gasteiger partial charge is 0.496 e. The lowest BCUT2D eigenvalue weighted by molar-refractivity contribution is -0.124. The van der Waals surface area contributed by atoms with Gasteiger partial charge >= 0.3 is 6.03 Å². The Morgan fingerprint density at radius 2 is 1.87 bits per heavy atom. The van der Waals surface area contributed by atoms with E-state index in [-0.39, 0.29) is 11.5 Å². The molecule has 0 radical (unpaired) electrons. The lowest BCUT2D eigenvalue weighted by Crippen LogP contribution is -2.55. The number of methoxy groups -OCH3 is 1. The Labute approximate surface area is 138 Å². The van der Waals surface area contributed by atoms with E-state index in [1.54, 1.807) is 19.9 Å². The smallest absolute Gasteiger partial charge is 0.312 e. The average Bonchev–Trinajstić information content (AvgIpc) is 2.49. The third-order valence-corrected chi connectivity index (χ3v) is 3.19. The lowest BCUT2D eigenvalue weighted by Gasteiger charge is -2.20. The molecular weight excluding hydrogens is 324 g/mol. The molecule has 0 saturated carbocycles. The number of carbonyl (C=O) groups is 3. The van der Waals surface area contributed by atoms with E-state index in [0.717, 1.165) is 0 Å². The van der Waals surface area contributed by atoms with Crippen molar-refractivity contribution < 1.29 is 19.1 Å². The van der Waals surface area contributed by atoms with Gasteiger partial charge in [-0.15, -0.1) is 0 Å². The molecule has 0 spiro atoms. The number of rotatable bonds is 5. The minimum absolute atomic E-state index is 0.157. The zero-order valence-corrected chi connectivity index (χ0v) is 13.7. The molecule has 4 amide bonds. The Bertz CT molecular complexity index is 606. The quantitative estimate of drug-likeness (QED) is 0.591. The molecule has 126 valence electrons. The highest BCUT2D eigenvalue weighted by molar-refractivity contribution is 6.31. The summed E-state index contributed by atoms with van der Waals surface area (Å²) >= 11 is 5.85. The molecule has 9 heteroatoms. The summed E-state index contributed by atoms with van der Waals surface area (Å²) in [4.78, 5) is 35.1. The lowest BCUT2D eigenvalue weighted by atomic mass is 10.0. The van der Waals surface area contributed by atoms with E-state index in [0.29, 0.717) is 10.8 Å². The molecule has 0 aliphatic rings. The van der Waals surface area contributed by atoms with Crippen molar-refractivity contribution in [3.8, 4) is 5.75 Å². The molecule has 1 aromatic carbocycles. The van der Waals surface area contributed by atoms with Crippen LogP contribution in [0.15, 0.2) is 18.2 Å². The van der Waals surface area contributed by atoms with Crippen molar-refractivity contribution in [3.05, 3.63) is 28.8 Å². The van der Waals surface area contributed by atoms with E-state index in [4.69, 9.17) is 22.1 Å². The fraction of sp³-hybridized carbons (Fsp3) is 0.357. The van der Waals surface area contributed by atoms with Crippen molar-refractivity contribution in [1.82, 2.24) is 16.2 Å². The SMILES string of the molecule is COc1ccc(Cl)cc1C(=O)NNC(=O)[C@H](NC(N)=O)C(C)C. The predicted molar refractivity (Wildman–Crippen MR) is 85.0 cm³/mol. The van der Waals surface area contributed by atoms with Crippen LogP contribution in [0.3, 0.4) is 0 Å². The van der Waals surface area contributed by atoms with Crippen molar-refractivity contribution in [3.63, 3.8) is 0 Å². The van der Waals surface area contributed by atoms with Gasteiger partial charge in [0.15, 0.2) is 0 Å². The van der Waals surface area contributed by atoms with Crippen LogP contribution in [0.4, 0.5) is 4.79 Å². The number of ether oxygens (including phenoxy) is 1. The molecule has 5 N–H and O–H groups in total. The summed E-state index contributed by atoms with van der Waals surface area (Å²) in [5.41, 5.74) is 9.65. The Morgan fingerprint density at radius 3 is 2.39 bits per heavy atom. The van der Waals surface area contributed by atoms with Gasteiger partial charge < -0.3 is 15.8 Å². The highest BCUT2D eigenvalue weighted by atomic mass is 35.5. The third-order valence-electron chi connectivity index (χ3n) is 2.95. The van der Waals surface area contributed by atoms with Gasteiger partial charge in [0.2, 0.25) is 0 Å². The van der Waals surface area contributed by atoms with Crippen LogP contribution in [0.5, 0.6) is 5.75 Å². The van der Waals surface area contributed by atoms with Gasteiger partial charge in [-0.3, -0.25) is 20.4 Å². The fourth-order valence-electron chi connectivity index (χ4n) is 1.81. The van der Waals surface area contributed by atoms with E-state index < -0.39 is 23.9 Å². The van der Waals surface area contributed by atoms with Crippen LogP contribution in [0, 0.1) is 5.92 Å². The van der Waals surface area contributed by atoms with Crippen LogP contribution in [0.25, 0.3) is 0 Å². The van der Waals surface area contributed by atoms with Crippen LogP contribution in [0.2, 0.25) is 5.02 Å². The van der Waals surface area contributed by atoms with E-state index in [1.807, 2.05) is 0 Å². The van der Waals surface area contributed by atoms with Crippen LogP contribution in [0.1, 0.15) is 24.2 Å². The molecule has 0 aliphatic heterocycles. The molecule has 0 bridgehead atoms. The summed E-state index contributed by atoms with van der Waals surface area (Å²) in [5, 5.41) is 2.65. The van der Waals surface area contributed by atoms with Crippen molar-refractivity contribution in [2.24, 2.45) is 11.7 Å². The van der Waals surface area contributed by atoms with Crippen molar-refractivity contribution >= 4 is 29.4 Å². The first kappa shape index (κ1) is 18.6. The van der Waals surface area contributed by atoms with Crippen LogP contribution >= 0.6 is 11.6 Å². The maximum absolute atomic E-state index is 12.1. The monoisotopic (exact) mass is 342 g/mol. The molecule has 0 unspecified atom stereocenters. The summed E-state index contributed by atoms with van der Waals surface area (Å²) in [6.07, 6.45) is 0. The molecule has 0 aromatic heterocycles. The molecule has 8 nitrogen and oxygen atoms in total. The number of carbonyl (C=O) groups excluding carboxylic acids is 3. The predicted octanol–water partition coefficient (Wildman–Crippen LogP) is 0.802.